The average Bonchev–Trinajstić information content (AvgIpc) is 3.11. The maximum atomic E-state index is 10.7. The predicted octanol–water partition coefficient (Wildman–Crippen LogP) is -0.702. The number of aliphatic hydroxyl groups is 1. The standard InChI is InChI=1S/C22H25N5O4S2.Na/c28-17-9-14-10-18(6-7-19(14)26(12-17)8-2-5-20(29)30)31-13-23-15-3-1-4-16(11-15)27-21(32)24-25-22(27)33;/h1,3-4,6-7,10-11,17,23,28H,2,5,8-9,12-13H2,(H,24,32)(H,25,33)(H,29,30);/q;+1/p-1. The molecule has 3 aromatic rings. The second-order valence-corrected chi connectivity index (χ2v) is 8.55. The van der Waals surface area contributed by atoms with Crippen molar-refractivity contribution in [2.75, 3.05) is 30.0 Å². The molecule has 4 rings (SSSR count). The van der Waals surface area contributed by atoms with Crippen molar-refractivity contribution in [2.24, 2.45) is 0 Å². The minimum Gasteiger partial charge on any atom is -0.550 e. The summed E-state index contributed by atoms with van der Waals surface area (Å²) in [7, 11) is 0. The number of hydrogen-bond acceptors (Lipinski definition) is 8. The molecule has 1 unspecified atom stereocenters. The molecule has 1 aliphatic heterocycles. The summed E-state index contributed by atoms with van der Waals surface area (Å²) in [4.78, 5) is 12.7. The van der Waals surface area contributed by atoms with Gasteiger partial charge in [0, 0.05) is 36.9 Å². The quantitative estimate of drug-likeness (QED) is 0.170. The van der Waals surface area contributed by atoms with Crippen molar-refractivity contribution in [2.45, 2.75) is 25.4 Å². The Morgan fingerprint density at radius 1 is 1.21 bits per heavy atom. The zero-order valence-electron chi connectivity index (χ0n) is 18.7. The van der Waals surface area contributed by atoms with Crippen LogP contribution in [0, 0.1) is 9.54 Å². The summed E-state index contributed by atoms with van der Waals surface area (Å²) in [6, 6.07) is 13.4. The van der Waals surface area contributed by atoms with E-state index in [0.717, 1.165) is 22.6 Å². The number of carboxylic acids is 1. The Morgan fingerprint density at radius 3 is 2.71 bits per heavy atom. The van der Waals surface area contributed by atoms with Crippen molar-refractivity contribution in [3.8, 4) is 11.4 Å². The predicted molar refractivity (Wildman–Crippen MR) is 128 cm³/mol. The fourth-order valence-corrected chi connectivity index (χ4v) is 4.48. The number of aromatic amines is 2. The molecule has 0 radical (unpaired) electrons. The molecule has 0 aliphatic carbocycles. The first-order chi connectivity index (χ1) is 15.9. The molecule has 9 nitrogen and oxygen atoms in total. The fourth-order valence-electron chi connectivity index (χ4n) is 3.92. The topological polar surface area (TPSA) is 121 Å². The molecule has 0 amide bonds. The Hall–Kier alpha value is -2.15. The van der Waals surface area contributed by atoms with Crippen molar-refractivity contribution in [3.63, 3.8) is 0 Å². The molecule has 1 aromatic heterocycles. The van der Waals surface area contributed by atoms with Crippen LogP contribution in [0.5, 0.6) is 5.75 Å². The first kappa shape index (κ1) is 26.5. The van der Waals surface area contributed by atoms with Crippen LogP contribution >= 0.6 is 24.4 Å². The third-order valence-electron chi connectivity index (χ3n) is 5.39. The number of nitrogens with one attached hydrogen (secondary N) is 3. The molecule has 2 heterocycles. The van der Waals surface area contributed by atoms with Gasteiger partial charge >= 0.3 is 29.6 Å². The third-order valence-corrected chi connectivity index (χ3v) is 5.96. The molecule has 174 valence electrons. The number of fused-ring (bicyclic) bond motifs is 1. The van der Waals surface area contributed by atoms with E-state index in [0.29, 0.717) is 41.2 Å². The zero-order chi connectivity index (χ0) is 23.4. The summed E-state index contributed by atoms with van der Waals surface area (Å²) in [5, 5.41) is 29.8. The molecular weight excluding hydrogens is 485 g/mol. The molecule has 2 aromatic carbocycles. The number of ether oxygens (including phenoxy) is 1. The number of hydrogen-bond donors (Lipinski definition) is 4. The monoisotopic (exact) mass is 509 g/mol. The number of carboxylic acid groups (broad SMARTS) is 1. The van der Waals surface area contributed by atoms with E-state index >= 15 is 0 Å². The Bertz CT molecular complexity index is 1230. The number of β-amino-alcohol motifs (C(OH)–C–C–N with tert-alkyl or cyclic N) is 1. The van der Waals surface area contributed by atoms with Gasteiger partial charge in [0.2, 0.25) is 0 Å². The van der Waals surface area contributed by atoms with Crippen LogP contribution < -0.4 is 49.6 Å². The summed E-state index contributed by atoms with van der Waals surface area (Å²) in [6.07, 6.45) is 0.479. The molecule has 0 fully saturated rings. The van der Waals surface area contributed by atoms with Gasteiger partial charge in [0.15, 0.2) is 16.3 Å². The van der Waals surface area contributed by atoms with Gasteiger partial charge < -0.3 is 30.0 Å². The van der Waals surface area contributed by atoms with Gasteiger partial charge in [-0.1, -0.05) is 6.07 Å². The Balaban J connectivity index is 0.00000324. The van der Waals surface area contributed by atoms with Crippen LogP contribution in [0.4, 0.5) is 11.4 Å². The maximum absolute atomic E-state index is 10.7. The number of carbonyl (C=O) groups excluding carboxylic acids is 1. The molecule has 0 saturated carbocycles. The summed E-state index contributed by atoms with van der Waals surface area (Å²) in [5.41, 5.74) is 3.63. The minimum atomic E-state index is -1.06. The number of anilines is 2. The summed E-state index contributed by atoms with van der Waals surface area (Å²) >= 11 is 10.5. The largest absolute Gasteiger partial charge is 1.00 e. The van der Waals surface area contributed by atoms with Gasteiger partial charge in [-0.3, -0.25) is 14.8 Å². The molecule has 0 saturated heterocycles. The number of carbonyl (C=O) groups is 1. The van der Waals surface area contributed by atoms with Gasteiger partial charge in [0.05, 0.1) is 11.8 Å². The molecule has 0 spiro atoms. The Morgan fingerprint density at radius 2 is 1.97 bits per heavy atom. The number of aliphatic carboxylic acids is 1. The summed E-state index contributed by atoms with van der Waals surface area (Å²) < 4.78 is 8.58. The van der Waals surface area contributed by atoms with Crippen LogP contribution in [0.3, 0.4) is 0 Å². The molecule has 1 atom stereocenters. The second kappa shape index (κ2) is 12.0. The number of H-pyrrole nitrogens is 2. The molecule has 4 N–H and O–H groups in total. The summed E-state index contributed by atoms with van der Waals surface area (Å²) in [5.74, 6) is -0.384. The van der Waals surface area contributed by atoms with Gasteiger partial charge in [-0.25, -0.2) is 0 Å². The van der Waals surface area contributed by atoms with Crippen LogP contribution in [-0.4, -0.2) is 51.8 Å². The number of aliphatic hydroxyl groups excluding tert-OH is 1. The first-order valence-electron chi connectivity index (χ1n) is 10.5. The van der Waals surface area contributed by atoms with Crippen LogP contribution in [0.2, 0.25) is 0 Å². The SMILES string of the molecule is O=C([O-])CCCN1CC(O)Cc2cc(OCNc3cccc(-n4c(=S)[nH][nH]c4=S)c3)ccc21.[Na+]. The number of nitrogens with zero attached hydrogens (tertiary/aromatic N) is 2. The van der Waals surface area contributed by atoms with E-state index in [2.05, 4.69) is 15.5 Å². The van der Waals surface area contributed by atoms with Gasteiger partial charge in [0.1, 0.15) is 5.75 Å². The number of rotatable bonds is 9. The molecule has 1 aliphatic rings. The van der Waals surface area contributed by atoms with Crippen LogP contribution in [0.25, 0.3) is 5.69 Å². The molecular formula is C22H24N5NaO4S2. The van der Waals surface area contributed by atoms with E-state index in [1.165, 1.54) is 0 Å². The maximum Gasteiger partial charge on any atom is 1.00 e. The smallest absolute Gasteiger partial charge is 0.550 e. The van der Waals surface area contributed by atoms with Crippen molar-refractivity contribution < 1.29 is 49.3 Å². The van der Waals surface area contributed by atoms with Crippen molar-refractivity contribution in [3.05, 3.63) is 57.6 Å². The minimum absolute atomic E-state index is 0. The van der Waals surface area contributed by atoms with Crippen LogP contribution in [0.1, 0.15) is 18.4 Å². The average molecular weight is 510 g/mol. The van der Waals surface area contributed by atoms with Crippen LogP contribution in [-0.2, 0) is 11.2 Å². The van der Waals surface area contributed by atoms with Gasteiger partial charge in [-0.15, -0.1) is 0 Å². The number of aromatic nitrogens is 3. The normalized spacial score (nSPS) is 14.7. The Labute approximate surface area is 229 Å². The zero-order valence-corrected chi connectivity index (χ0v) is 22.4. The van der Waals surface area contributed by atoms with E-state index in [-0.39, 0.29) is 42.7 Å². The second-order valence-electron chi connectivity index (χ2n) is 7.78. The van der Waals surface area contributed by atoms with Crippen molar-refractivity contribution in [1.29, 1.82) is 0 Å². The number of benzene rings is 2. The fraction of sp³-hybridized carbons (Fsp3) is 0.318. The van der Waals surface area contributed by atoms with E-state index in [9.17, 15) is 15.0 Å². The third kappa shape index (κ3) is 6.49. The Kier molecular flexibility index (Phi) is 9.34. The molecule has 0 bridgehead atoms. The van der Waals surface area contributed by atoms with Gasteiger partial charge in [0.25, 0.3) is 0 Å². The van der Waals surface area contributed by atoms with Gasteiger partial charge in [-0.05, 0) is 79.2 Å². The van der Waals surface area contributed by atoms with Crippen molar-refractivity contribution in [1.82, 2.24) is 14.8 Å². The van der Waals surface area contributed by atoms with E-state index in [1.54, 1.807) is 4.57 Å². The molecule has 12 heteroatoms. The van der Waals surface area contributed by atoms with E-state index in [4.69, 9.17) is 29.2 Å². The van der Waals surface area contributed by atoms with Gasteiger partial charge in [-0.2, -0.15) is 0 Å². The first-order valence-corrected chi connectivity index (χ1v) is 11.3. The van der Waals surface area contributed by atoms with E-state index in [1.807, 2.05) is 47.4 Å². The molecule has 34 heavy (non-hydrogen) atoms. The summed E-state index contributed by atoms with van der Waals surface area (Å²) in [6.45, 7) is 1.27. The van der Waals surface area contributed by atoms with Crippen LogP contribution in [0.15, 0.2) is 42.5 Å². The van der Waals surface area contributed by atoms with E-state index < -0.39 is 12.1 Å². The van der Waals surface area contributed by atoms with Crippen molar-refractivity contribution >= 4 is 41.8 Å².